The van der Waals surface area contributed by atoms with Crippen molar-refractivity contribution in [2.24, 2.45) is 17.3 Å². The Morgan fingerprint density at radius 2 is 1.96 bits per heavy atom. The molecule has 5 nitrogen and oxygen atoms in total. The predicted octanol–water partition coefficient (Wildman–Crippen LogP) is 4.11. The van der Waals surface area contributed by atoms with Crippen LogP contribution in [0.5, 0.6) is 0 Å². The van der Waals surface area contributed by atoms with E-state index in [2.05, 4.69) is 9.97 Å². The van der Waals surface area contributed by atoms with Gasteiger partial charge in [0.15, 0.2) is 11.9 Å². The lowest BCUT2D eigenvalue weighted by atomic mass is 9.49. The summed E-state index contributed by atoms with van der Waals surface area (Å²) in [5, 5.41) is 0.532. The van der Waals surface area contributed by atoms with Gasteiger partial charge in [-0.2, -0.15) is 0 Å². The third kappa shape index (κ3) is 2.78. The van der Waals surface area contributed by atoms with E-state index in [1.165, 1.54) is 6.42 Å². The van der Waals surface area contributed by atoms with Crippen molar-refractivity contribution < 1.29 is 9.53 Å². The Morgan fingerprint density at radius 1 is 1.26 bits per heavy atom. The van der Waals surface area contributed by atoms with Crippen LogP contribution >= 0.6 is 11.6 Å². The molecule has 0 aliphatic heterocycles. The van der Waals surface area contributed by atoms with Crippen molar-refractivity contribution in [3.05, 3.63) is 40.4 Å². The van der Waals surface area contributed by atoms with E-state index in [1.807, 2.05) is 6.07 Å². The van der Waals surface area contributed by atoms with Crippen LogP contribution in [-0.2, 0) is 9.53 Å². The Hall–Kier alpha value is -1.88. The Kier molecular flexibility index (Phi) is 3.71. The van der Waals surface area contributed by atoms with Crippen LogP contribution in [0.15, 0.2) is 29.1 Å². The highest BCUT2D eigenvalue weighted by Crippen LogP contribution is 2.64. The molecule has 27 heavy (non-hydrogen) atoms. The molecule has 0 amide bonds. The summed E-state index contributed by atoms with van der Waals surface area (Å²) in [6, 6.07) is 7.16. The molecule has 5 atom stereocenters. The van der Waals surface area contributed by atoms with Gasteiger partial charge in [-0.3, -0.25) is 9.59 Å². The van der Waals surface area contributed by atoms with Crippen LogP contribution in [0.25, 0.3) is 10.9 Å². The first kappa shape index (κ1) is 17.2. The van der Waals surface area contributed by atoms with E-state index in [0.29, 0.717) is 35.0 Å². The van der Waals surface area contributed by atoms with Crippen LogP contribution < -0.4 is 5.56 Å². The number of fused-ring (bicyclic) bond motifs is 1. The molecule has 0 saturated heterocycles. The minimum Gasteiger partial charge on any atom is -0.454 e. The number of nitrogens with one attached hydrogen (secondary N) is 1. The molecule has 2 aromatic rings. The molecule has 6 rings (SSSR count). The van der Waals surface area contributed by atoms with Crippen LogP contribution in [0.2, 0.25) is 0 Å². The lowest BCUT2D eigenvalue weighted by molar-refractivity contribution is -0.175. The molecule has 2 unspecified atom stereocenters. The number of nitrogens with zero attached hydrogens (tertiary/aromatic N) is 1. The van der Waals surface area contributed by atoms with Gasteiger partial charge in [-0.1, -0.05) is 12.1 Å². The number of para-hydroxylation sites is 1. The van der Waals surface area contributed by atoms with Gasteiger partial charge in [0, 0.05) is 4.87 Å². The zero-order chi connectivity index (χ0) is 18.8. The number of alkyl halides is 1. The molecule has 6 heteroatoms. The summed E-state index contributed by atoms with van der Waals surface area (Å²) in [4.78, 5) is 32.5. The number of carbonyl (C=O) groups is 1. The largest absolute Gasteiger partial charge is 0.454 e. The minimum absolute atomic E-state index is 0.176. The minimum atomic E-state index is -0.603. The van der Waals surface area contributed by atoms with E-state index < -0.39 is 11.5 Å². The van der Waals surface area contributed by atoms with Gasteiger partial charge in [0.25, 0.3) is 5.56 Å². The summed E-state index contributed by atoms with van der Waals surface area (Å²) in [5.41, 5.74) is -0.0706. The van der Waals surface area contributed by atoms with Crippen molar-refractivity contribution in [1.29, 1.82) is 0 Å². The highest BCUT2D eigenvalue weighted by atomic mass is 35.5. The molecule has 1 aromatic heterocycles. The summed E-state index contributed by atoms with van der Waals surface area (Å²) in [6.07, 6.45) is 5.11. The maximum atomic E-state index is 13.2. The molecule has 4 bridgehead atoms. The standard InChI is InChI=1S/C21H23ClN2O3/c1-12(17-23-16-5-3-2-4-15(16)18(25)24-17)27-19(26)20-7-13-6-14(8-20)10-21(22,9-13)11-20/h2-5,12-14H,6-11H2,1H3,(H,23,24,25)/t12-,13-,14+,20?,21?/m0/s1. The second kappa shape index (κ2) is 5.81. The maximum Gasteiger partial charge on any atom is 0.312 e. The van der Waals surface area contributed by atoms with Crippen molar-refractivity contribution in [3.63, 3.8) is 0 Å². The van der Waals surface area contributed by atoms with Crippen LogP contribution in [-0.4, -0.2) is 20.8 Å². The van der Waals surface area contributed by atoms with Gasteiger partial charge in [-0.05, 0) is 69.4 Å². The third-order valence-corrected chi connectivity index (χ3v) is 7.17. The Morgan fingerprint density at radius 3 is 2.67 bits per heavy atom. The van der Waals surface area contributed by atoms with Gasteiger partial charge >= 0.3 is 5.97 Å². The molecular formula is C21H23ClN2O3. The number of aromatic amines is 1. The number of hydrogen-bond acceptors (Lipinski definition) is 4. The van der Waals surface area contributed by atoms with E-state index in [1.54, 1.807) is 25.1 Å². The summed E-state index contributed by atoms with van der Waals surface area (Å²) in [7, 11) is 0. The van der Waals surface area contributed by atoms with Crippen molar-refractivity contribution in [3.8, 4) is 0 Å². The molecule has 142 valence electrons. The SMILES string of the molecule is C[C@H](OC(=O)C12C[C@@H]3C[C@@H](CC(Cl)(C3)C1)C2)c1nc2ccccc2c(=O)[nH]1. The van der Waals surface area contributed by atoms with Crippen LogP contribution in [0.3, 0.4) is 0 Å². The Balaban J connectivity index is 1.41. The Labute approximate surface area is 162 Å². The average molecular weight is 387 g/mol. The lowest BCUT2D eigenvalue weighted by Gasteiger charge is -2.58. The summed E-state index contributed by atoms with van der Waals surface area (Å²) >= 11 is 6.84. The number of esters is 1. The molecule has 4 fully saturated rings. The van der Waals surface area contributed by atoms with E-state index in [-0.39, 0.29) is 16.4 Å². The molecule has 0 spiro atoms. The fourth-order valence-electron chi connectivity index (χ4n) is 6.03. The zero-order valence-corrected chi connectivity index (χ0v) is 16.1. The molecular weight excluding hydrogens is 364 g/mol. The number of ether oxygens (including phenoxy) is 1. The topological polar surface area (TPSA) is 72.0 Å². The first-order valence-corrected chi connectivity index (χ1v) is 10.1. The zero-order valence-electron chi connectivity index (χ0n) is 15.3. The van der Waals surface area contributed by atoms with E-state index in [9.17, 15) is 9.59 Å². The van der Waals surface area contributed by atoms with Gasteiger partial charge < -0.3 is 9.72 Å². The molecule has 4 aliphatic carbocycles. The Bertz CT molecular complexity index is 971. The first-order chi connectivity index (χ1) is 12.9. The van der Waals surface area contributed by atoms with Crippen molar-refractivity contribution >= 4 is 28.5 Å². The molecule has 4 aliphatic rings. The molecule has 1 aromatic carbocycles. The summed E-state index contributed by atoms with van der Waals surface area (Å²) in [5.74, 6) is 1.28. The number of hydrogen-bond donors (Lipinski definition) is 1. The first-order valence-electron chi connectivity index (χ1n) is 9.75. The van der Waals surface area contributed by atoms with Crippen LogP contribution in [0.1, 0.15) is 57.4 Å². The van der Waals surface area contributed by atoms with E-state index in [4.69, 9.17) is 16.3 Å². The van der Waals surface area contributed by atoms with Gasteiger partial charge in [-0.15, -0.1) is 11.6 Å². The highest BCUT2D eigenvalue weighted by molar-refractivity contribution is 6.24. The maximum absolute atomic E-state index is 13.2. The highest BCUT2D eigenvalue weighted by Gasteiger charge is 2.61. The van der Waals surface area contributed by atoms with Gasteiger partial charge in [0.1, 0.15) is 0 Å². The molecule has 1 heterocycles. The second-order valence-corrected chi connectivity index (χ2v) is 9.71. The summed E-state index contributed by atoms with van der Waals surface area (Å²) in [6.45, 7) is 1.77. The van der Waals surface area contributed by atoms with Crippen LogP contribution in [0.4, 0.5) is 0 Å². The normalized spacial score (nSPS) is 35.3. The number of H-pyrrole nitrogens is 1. The molecule has 4 saturated carbocycles. The van der Waals surface area contributed by atoms with Gasteiger partial charge in [0.05, 0.1) is 16.3 Å². The number of benzene rings is 1. The van der Waals surface area contributed by atoms with Gasteiger partial charge in [0.2, 0.25) is 0 Å². The molecule has 1 N–H and O–H groups in total. The third-order valence-electron chi connectivity index (χ3n) is 6.72. The fourth-order valence-corrected chi connectivity index (χ4v) is 6.72. The van der Waals surface area contributed by atoms with E-state index in [0.717, 1.165) is 25.7 Å². The van der Waals surface area contributed by atoms with E-state index >= 15 is 0 Å². The van der Waals surface area contributed by atoms with Crippen molar-refractivity contribution in [1.82, 2.24) is 9.97 Å². The summed E-state index contributed by atoms with van der Waals surface area (Å²) < 4.78 is 5.84. The number of halogens is 1. The second-order valence-electron chi connectivity index (χ2n) is 8.91. The lowest BCUT2D eigenvalue weighted by Crippen LogP contribution is -2.56. The monoisotopic (exact) mass is 386 g/mol. The number of aromatic nitrogens is 2. The number of carbonyl (C=O) groups excluding carboxylic acids is 1. The predicted molar refractivity (Wildman–Crippen MR) is 103 cm³/mol. The van der Waals surface area contributed by atoms with Crippen LogP contribution in [0, 0.1) is 17.3 Å². The fraction of sp³-hybridized carbons (Fsp3) is 0.571. The average Bonchev–Trinajstić information content (AvgIpc) is 2.59. The quantitative estimate of drug-likeness (QED) is 0.636. The number of rotatable bonds is 3. The molecule has 0 radical (unpaired) electrons. The smallest absolute Gasteiger partial charge is 0.312 e. The van der Waals surface area contributed by atoms with Gasteiger partial charge in [-0.25, -0.2) is 4.98 Å². The van der Waals surface area contributed by atoms with Crippen molar-refractivity contribution in [2.45, 2.75) is 56.4 Å². The van der Waals surface area contributed by atoms with Crippen molar-refractivity contribution in [2.75, 3.05) is 0 Å².